The van der Waals surface area contributed by atoms with Crippen LogP contribution in [0.1, 0.15) is 0 Å². The van der Waals surface area contributed by atoms with Crippen molar-refractivity contribution in [3.05, 3.63) is 97.6 Å². The van der Waals surface area contributed by atoms with Crippen LogP contribution >= 0.6 is 0 Å². The standard InChI is InChI=1S/C18H12N2.C4H4N2/c1-2-7-13(8-3-1)14-9-6-12-17-18(14)20-16-11-5-4-10-15(16)19-17;1-2-5-4-6-3-1/h1-12H;1-4H. The van der Waals surface area contributed by atoms with Crippen LogP contribution in [0.3, 0.4) is 0 Å². The molecule has 3 aromatic carbocycles. The molecule has 0 fully saturated rings. The molecule has 4 heteroatoms. The summed E-state index contributed by atoms with van der Waals surface area (Å²) in [5.74, 6) is 0. The van der Waals surface area contributed by atoms with E-state index >= 15 is 0 Å². The lowest BCUT2D eigenvalue weighted by molar-refractivity contribution is 1.17. The van der Waals surface area contributed by atoms with Crippen molar-refractivity contribution in [1.82, 2.24) is 19.9 Å². The highest BCUT2D eigenvalue weighted by molar-refractivity contribution is 5.95. The van der Waals surface area contributed by atoms with Crippen LogP contribution in [0, 0.1) is 0 Å². The van der Waals surface area contributed by atoms with Gasteiger partial charge in [-0.2, -0.15) is 0 Å². The second-order valence-electron chi connectivity index (χ2n) is 5.66. The molecule has 0 bridgehead atoms. The molecule has 0 spiro atoms. The summed E-state index contributed by atoms with van der Waals surface area (Å²) in [6.45, 7) is 0. The third-order valence-corrected chi connectivity index (χ3v) is 3.93. The van der Waals surface area contributed by atoms with Crippen molar-refractivity contribution in [2.75, 3.05) is 0 Å². The molecule has 0 aliphatic rings. The van der Waals surface area contributed by atoms with Crippen molar-refractivity contribution in [2.24, 2.45) is 0 Å². The molecule has 4 nitrogen and oxygen atoms in total. The number of benzene rings is 3. The van der Waals surface area contributed by atoms with Gasteiger partial charge < -0.3 is 0 Å². The number of aromatic nitrogens is 4. The molecule has 5 aromatic rings. The van der Waals surface area contributed by atoms with Crippen LogP contribution in [0.15, 0.2) is 97.6 Å². The molecule has 0 aliphatic heterocycles. The molecule has 5 rings (SSSR count). The van der Waals surface area contributed by atoms with Gasteiger partial charge in [0.05, 0.1) is 22.1 Å². The molecule has 26 heavy (non-hydrogen) atoms. The van der Waals surface area contributed by atoms with Gasteiger partial charge in [0, 0.05) is 18.0 Å². The van der Waals surface area contributed by atoms with Crippen LogP contribution in [0.5, 0.6) is 0 Å². The summed E-state index contributed by atoms with van der Waals surface area (Å²) >= 11 is 0. The zero-order chi connectivity index (χ0) is 17.6. The smallest absolute Gasteiger partial charge is 0.115 e. The Hall–Kier alpha value is -3.66. The van der Waals surface area contributed by atoms with E-state index in [1.54, 1.807) is 18.5 Å². The molecule has 2 heterocycles. The maximum absolute atomic E-state index is 4.79. The van der Waals surface area contributed by atoms with Gasteiger partial charge in [-0.05, 0) is 29.8 Å². The van der Waals surface area contributed by atoms with E-state index in [4.69, 9.17) is 9.97 Å². The summed E-state index contributed by atoms with van der Waals surface area (Å²) in [6, 6.07) is 26.2. The highest BCUT2D eigenvalue weighted by Gasteiger charge is 2.07. The predicted octanol–water partition coefficient (Wildman–Crippen LogP) is 4.93. The van der Waals surface area contributed by atoms with Crippen molar-refractivity contribution in [1.29, 1.82) is 0 Å². The monoisotopic (exact) mass is 336 g/mol. The fourth-order valence-electron chi connectivity index (χ4n) is 2.75. The second-order valence-corrected chi connectivity index (χ2v) is 5.66. The first-order chi connectivity index (χ1) is 12.9. The third kappa shape index (κ3) is 3.39. The van der Waals surface area contributed by atoms with Crippen LogP contribution in [-0.4, -0.2) is 19.9 Å². The largest absolute Gasteiger partial charge is 0.245 e. The Morgan fingerprint density at radius 3 is 1.81 bits per heavy atom. The predicted molar refractivity (Wildman–Crippen MR) is 105 cm³/mol. The van der Waals surface area contributed by atoms with Crippen molar-refractivity contribution in [3.63, 3.8) is 0 Å². The Bertz CT molecular complexity index is 1100. The molecule has 0 saturated heterocycles. The van der Waals surface area contributed by atoms with E-state index in [1.807, 2.05) is 54.6 Å². The summed E-state index contributed by atoms with van der Waals surface area (Å²) in [6.07, 6.45) is 4.88. The normalized spacial score (nSPS) is 10.3. The maximum atomic E-state index is 4.79. The first kappa shape index (κ1) is 15.8. The molecule has 0 radical (unpaired) electrons. The minimum atomic E-state index is 0.934. The SMILES string of the molecule is c1ccc(-c2cccc3nc4ccccc4nc23)cc1.c1cncnc1. The first-order valence-electron chi connectivity index (χ1n) is 8.33. The first-order valence-corrected chi connectivity index (χ1v) is 8.33. The van der Waals surface area contributed by atoms with Crippen LogP contribution in [0.25, 0.3) is 33.2 Å². The third-order valence-electron chi connectivity index (χ3n) is 3.93. The van der Waals surface area contributed by atoms with Crippen LogP contribution in [-0.2, 0) is 0 Å². The van der Waals surface area contributed by atoms with Gasteiger partial charge >= 0.3 is 0 Å². The van der Waals surface area contributed by atoms with Crippen LogP contribution < -0.4 is 0 Å². The second kappa shape index (κ2) is 7.49. The highest BCUT2D eigenvalue weighted by atomic mass is 14.8. The summed E-state index contributed by atoms with van der Waals surface area (Å²) in [4.78, 5) is 16.8. The van der Waals surface area contributed by atoms with E-state index in [-0.39, 0.29) is 0 Å². The topological polar surface area (TPSA) is 51.6 Å². The Balaban J connectivity index is 0.000000240. The molecule has 0 unspecified atom stereocenters. The summed E-state index contributed by atoms with van der Waals surface area (Å²) in [5.41, 5.74) is 6.06. The van der Waals surface area contributed by atoms with E-state index in [0.717, 1.165) is 27.6 Å². The molecule has 124 valence electrons. The number of hydrogen-bond acceptors (Lipinski definition) is 4. The summed E-state index contributed by atoms with van der Waals surface area (Å²) in [7, 11) is 0. The van der Waals surface area contributed by atoms with Gasteiger partial charge in [0.1, 0.15) is 6.33 Å². The molecule has 0 N–H and O–H groups in total. The Kier molecular flexibility index (Phi) is 4.56. The Morgan fingerprint density at radius 2 is 1.15 bits per heavy atom. The van der Waals surface area contributed by atoms with E-state index < -0.39 is 0 Å². The average Bonchev–Trinajstić information content (AvgIpc) is 2.74. The minimum absolute atomic E-state index is 0.934. The zero-order valence-electron chi connectivity index (χ0n) is 14.0. The number of hydrogen-bond donors (Lipinski definition) is 0. The lowest BCUT2D eigenvalue weighted by Gasteiger charge is -2.07. The van der Waals surface area contributed by atoms with Crippen molar-refractivity contribution in [3.8, 4) is 11.1 Å². The van der Waals surface area contributed by atoms with E-state index in [0.29, 0.717) is 0 Å². The molecular weight excluding hydrogens is 320 g/mol. The van der Waals surface area contributed by atoms with Crippen LogP contribution in [0.4, 0.5) is 0 Å². The van der Waals surface area contributed by atoms with Crippen molar-refractivity contribution < 1.29 is 0 Å². The highest BCUT2D eigenvalue weighted by Crippen LogP contribution is 2.27. The molecule has 2 aromatic heterocycles. The van der Waals surface area contributed by atoms with E-state index in [1.165, 1.54) is 11.9 Å². The molecule has 0 aliphatic carbocycles. The number of para-hydroxylation sites is 3. The van der Waals surface area contributed by atoms with E-state index in [2.05, 4.69) is 28.2 Å². The fraction of sp³-hybridized carbons (Fsp3) is 0. The summed E-state index contributed by atoms with van der Waals surface area (Å²) in [5, 5.41) is 0. The molecule has 0 saturated carbocycles. The van der Waals surface area contributed by atoms with Crippen molar-refractivity contribution in [2.45, 2.75) is 0 Å². The lowest BCUT2D eigenvalue weighted by Crippen LogP contribution is -1.89. The average molecular weight is 336 g/mol. The van der Waals surface area contributed by atoms with E-state index in [9.17, 15) is 0 Å². The quantitative estimate of drug-likeness (QED) is 0.407. The zero-order valence-corrected chi connectivity index (χ0v) is 14.0. The molecular formula is C22H16N4. The lowest BCUT2D eigenvalue weighted by atomic mass is 10.0. The van der Waals surface area contributed by atoms with Crippen molar-refractivity contribution >= 4 is 22.1 Å². The number of fused-ring (bicyclic) bond motifs is 2. The molecule has 0 amide bonds. The number of nitrogens with zero attached hydrogens (tertiary/aromatic N) is 4. The fourth-order valence-corrected chi connectivity index (χ4v) is 2.75. The van der Waals surface area contributed by atoms with Gasteiger partial charge in [-0.15, -0.1) is 0 Å². The van der Waals surface area contributed by atoms with Gasteiger partial charge in [-0.1, -0.05) is 54.6 Å². The van der Waals surface area contributed by atoms with Gasteiger partial charge in [-0.3, -0.25) is 0 Å². The Labute approximate surface area is 151 Å². The van der Waals surface area contributed by atoms with Gasteiger partial charge in [0.15, 0.2) is 0 Å². The van der Waals surface area contributed by atoms with Gasteiger partial charge in [-0.25, -0.2) is 19.9 Å². The minimum Gasteiger partial charge on any atom is -0.245 e. The van der Waals surface area contributed by atoms with Gasteiger partial charge in [0.25, 0.3) is 0 Å². The van der Waals surface area contributed by atoms with Gasteiger partial charge in [0.2, 0.25) is 0 Å². The molecule has 0 atom stereocenters. The number of rotatable bonds is 1. The van der Waals surface area contributed by atoms with Crippen LogP contribution in [0.2, 0.25) is 0 Å². The Morgan fingerprint density at radius 1 is 0.500 bits per heavy atom. The summed E-state index contributed by atoms with van der Waals surface area (Å²) < 4.78 is 0. The maximum Gasteiger partial charge on any atom is 0.115 e.